The van der Waals surface area contributed by atoms with Crippen molar-refractivity contribution >= 4 is 5.91 Å². The fraction of sp³-hybridized carbons (Fsp3) is 0.833. The summed E-state index contributed by atoms with van der Waals surface area (Å²) in [5.74, 6) is 2.15. The number of aromatic nitrogens is 3. The van der Waals surface area contributed by atoms with E-state index in [1.165, 1.54) is 12.8 Å². The molecule has 24 heavy (non-hydrogen) atoms. The fourth-order valence-electron chi connectivity index (χ4n) is 3.75. The molecule has 0 radical (unpaired) electrons. The summed E-state index contributed by atoms with van der Waals surface area (Å²) in [4.78, 5) is 19.5. The van der Waals surface area contributed by atoms with Crippen molar-refractivity contribution in [3.05, 3.63) is 12.2 Å². The summed E-state index contributed by atoms with van der Waals surface area (Å²) >= 11 is 0. The lowest BCUT2D eigenvalue weighted by Crippen LogP contribution is -2.40. The van der Waals surface area contributed by atoms with Crippen LogP contribution in [0.15, 0.2) is 6.33 Å². The first-order valence-corrected chi connectivity index (χ1v) is 9.49. The third-order valence-electron chi connectivity index (χ3n) is 5.49. The smallest absolute Gasteiger partial charge is 0.220 e. The zero-order valence-electron chi connectivity index (χ0n) is 15.2. The van der Waals surface area contributed by atoms with Crippen LogP contribution in [0.1, 0.15) is 64.7 Å². The van der Waals surface area contributed by atoms with Crippen molar-refractivity contribution in [3.63, 3.8) is 0 Å². The summed E-state index contributed by atoms with van der Waals surface area (Å²) in [6, 6.07) is 0.648. The Morgan fingerprint density at radius 2 is 2.00 bits per heavy atom. The molecule has 0 spiro atoms. The van der Waals surface area contributed by atoms with Crippen LogP contribution in [0, 0.1) is 11.8 Å². The summed E-state index contributed by atoms with van der Waals surface area (Å²) in [5, 5.41) is 7.52. The standard InChI is InChI=1S/C18H31N5O/c1-4-23-18(19-12-20-23)17(15-5-6-15)21-16(24)11-14-7-9-22(10-8-14)13(2)3/h12-15,17H,4-11H2,1-3H3,(H,21,24)/t17-/m1/s1. The van der Waals surface area contributed by atoms with E-state index in [4.69, 9.17) is 0 Å². The minimum absolute atomic E-state index is 0.0377. The van der Waals surface area contributed by atoms with Crippen LogP contribution in [-0.2, 0) is 11.3 Å². The molecule has 1 atom stereocenters. The van der Waals surface area contributed by atoms with E-state index in [9.17, 15) is 4.79 Å². The van der Waals surface area contributed by atoms with Crippen molar-refractivity contribution in [2.75, 3.05) is 13.1 Å². The molecule has 2 heterocycles. The number of rotatable bonds is 7. The Morgan fingerprint density at radius 3 is 2.58 bits per heavy atom. The lowest BCUT2D eigenvalue weighted by atomic mass is 9.92. The molecule has 2 aliphatic rings. The van der Waals surface area contributed by atoms with Crippen LogP contribution in [0.4, 0.5) is 0 Å². The number of nitrogens with zero attached hydrogens (tertiary/aromatic N) is 4. The van der Waals surface area contributed by atoms with Crippen LogP contribution in [0.3, 0.4) is 0 Å². The summed E-state index contributed by atoms with van der Waals surface area (Å²) in [6.45, 7) is 9.58. The molecule has 0 unspecified atom stereocenters. The molecule has 3 rings (SSSR count). The van der Waals surface area contributed by atoms with Gasteiger partial charge in [-0.15, -0.1) is 0 Å². The topological polar surface area (TPSA) is 63.1 Å². The van der Waals surface area contributed by atoms with Gasteiger partial charge in [-0.25, -0.2) is 9.67 Å². The minimum atomic E-state index is 0.0377. The minimum Gasteiger partial charge on any atom is -0.346 e. The highest BCUT2D eigenvalue weighted by Crippen LogP contribution is 2.40. The lowest BCUT2D eigenvalue weighted by molar-refractivity contribution is -0.123. The number of likely N-dealkylation sites (tertiary alicyclic amines) is 1. The van der Waals surface area contributed by atoms with Crippen LogP contribution in [-0.4, -0.2) is 44.7 Å². The van der Waals surface area contributed by atoms with Crippen molar-refractivity contribution < 1.29 is 4.79 Å². The molecule has 1 saturated carbocycles. The molecule has 6 heteroatoms. The Hall–Kier alpha value is -1.43. The predicted molar refractivity (Wildman–Crippen MR) is 93.4 cm³/mol. The molecule has 134 valence electrons. The molecule has 1 N–H and O–H groups in total. The molecular weight excluding hydrogens is 302 g/mol. The molecule has 2 fully saturated rings. The number of hydrogen-bond acceptors (Lipinski definition) is 4. The number of carbonyl (C=O) groups is 1. The maximum absolute atomic E-state index is 12.6. The quantitative estimate of drug-likeness (QED) is 0.832. The predicted octanol–water partition coefficient (Wildman–Crippen LogP) is 2.38. The van der Waals surface area contributed by atoms with Gasteiger partial charge in [-0.1, -0.05) is 0 Å². The number of hydrogen-bond donors (Lipinski definition) is 1. The van der Waals surface area contributed by atoms with Gasteiger partial charge in [0.05, 0.1) is 6.04 Å². The zero-order valence-corrected chi connectivity index (χ0v) is 15.2. The van der Waals surface area contributed by atoms with Gasteiger partial charge in [0.1, 0.15) is 12.2 Å². The summed E-state index contributed by atoms with van der Waals surface area (Å²) in [6.07, 6.45) is 6.86. The maximum Gasteiger partial charge on any atom is 0.220 e. The Bertz CT molecular complexity index is 543. The monoisotopic (exact) mass is 333 g/mol. The second kappa shape index (κ2) is 7.64. The molecule has 1 aliphatic carbocycles. The lowest BCUT2D eigenvalue weighted by Gasteiger charge is -2.34. The Labute approximate surface area is 145 Å². The van der Waals surface area contributed by atoms with Gasteiger partial charge in [0.15, 0.2) is 0 Å². The van der Waals surface area contributed by atoms with Gasteiger partial charge in [0.2, 0.25) is 5.91 Å². The van der Waals surface area contributed by atoms with Gasteiger partial charge >= 0.3 is 0 Å². The number of aryl methyl sites for hydroxylation is 1. The van der Waals surface area contributed by atoms with Gasteiger partial charge < -0.3 is 10.2 Å². The van der Waals surface area contributed by atoms with E-state index < -0.39 is 0 Å². The molecule has 6 nitrogen and oxygen atoms in total. The molecule has 0 bridgehead atoms. The summed E-state index contributed by atoms with van der Waals surface area (Å²) < 4.78 is 1.91. The van der Waals surface area contributed by atoms with Crippen molar-refractivity contribution in [1.29, 1.82) is 0 Å². The summed E-state index contributed by atoms with van der Waals surface area (Å²) in [5.41, 5.74) is 0. The van der Waals surface area contributed by atoms with Gasteiger partial charge in [0.25, 0.3) is 0 Å². The van der Waals surface area contributed by atoms with E-state index in [-0.39, 0.29) is 11.9 Å². The molecule has 1 aliphatic heterocycles. The van der Waals surface area contributed by atoms with Gasteiger partial charge in [-0.2, -0.15) is 5.10 Å². The van der Waals surface area contributed by atoms with Crippen molar-refractivity contribution in [2.45, 2.75) is 71.5 Å². The van der Waals surface area contributed by atoms with E-state index in [0.29, 0.717) is 24.3 Å². The Kier molecular flexibility index (Phi) is 5.54. The van der Waals surface area contributed by atoms with Gasteiger partial charge in [0, 0.05) is 19.0 Å². The van der Waals surface area contributed by atoms with E-state index in [2.05, 4.69) is 41.1 Å². The molecule has 1 aromatic rings. The largest absolute Gasteiger partial charge is 0.346 e. The third kappa shape index (κ3) is 4.15. The second-order valence-electron chi connectivity index (χ2n) is 7.59. The normalized spacial score (nSPS) is 21.2. The van der Waals surface area contributed by atoms with Crippen LogP contribution < -0.4 is 5.32 Å². The SMILES string of the molecule is CCn1ncnc1[C@H](NC(=O)CC1CCN(C(C)C)CC1)C1CC1. The van der Waals surface area contributed by atoms with Crippen molar-refractivity contribution in [2.24, 2.45) is 11.8 Å². The van der Waals surface area contributed by atoms with E-state index in [0.717, 1.165) is 38.3 Å². The summed E-state index contributed by atoms with van der Waals surface area (Å²) in [7, 11) is 0. The second-order valence-corrected chi connectivity index (χ2v) is 7.59. The number of carbonyl (C=O) groups excluding carboxylic acids is 1. The van der Waals surface area contributed by atoms with Gasteiger partial charge in [-0.05, 0) is 71.4 Å². The molecule has 1 amide bonds. The maximum atomic E-state index is 12.6. The fourth-order valence-corrected chi connectivity index (χ4v) is 3.75. The van der Waals surface area contributed by atoms with Crippen LogP contribution in [0.2, 0.25) is 0 Å². The zero-order chi connectivity index (χ0) is 17.1. The third-order valence-corrected chi connectivity index (χ3v) is 5.49. The van der Waals surface area contributed by atoms with Crippen LogP contribution in [0.5, 0.6) is 0 Å². The van der Waals surface area contributed by atoms with Gasteiger partial charge in [-0.3, -0.25) is 4.79 Å². The number of nitrogens with one attached hydrogen (secondary N) is 1. The Morgan fingerprint density at radius 1 is 1.29 bits per heavy atom. The number of piperidine rings is 1. The number of amides is 1. The highest BCUT2D eigenvalue weighted by molar-refractivity contribution is 5.76. The molecule has 0 aromatic carbocycles. The first-order valence-electron chi connectivity index (χ1n) is 9.49. The van der Waals surface area contributed by atoms with Crippen LogP contribution in [0.25, 0.3) is 0 Å². The Balaban J connectivity index is 1.53. The highest BCUT2D eigenvalue weighted by Gasteiger charge is 2.36. The average molecular weight is 333 g/mol. The van der Waals surface area contributed by atoms with Crippen molar-refractivity contribution in [1.82, 2.24) is 25.0 Å². The van der Waals surface area contributed by atoms with E-state index in [1.54, 1.807) is 6.33 Å². The van der Waals surface area contributed by atoms with E-state index >= 15 is 0 Å². The average Bonchev–Trinajstić information content (AvgIpc) is 3.30. The van der Waals surface area contributed by atoms with Crippen molar-refractivity contribution in [3.8, 4) is 0 Å². The molecule has 1 saturated heterocycles. The molecular formula is C18H31N5O. The van der Waals surface area contributed by atoms with Crippen LogP contribution >= 0.6 is 0 Å². The first-order chi connectivity index (χ1) is 11.6. The van der Waals surface area contributed by atoms with E-state index in [1.807, 2.05) is 4.68 Å². The highest BCUT2D eigenvalue weighted by atomic mass is 16.1. The molecule has 1 aromatic heterocycles. The first kappa shape index (κ1) is 17.4.